The molecule has 31 heavy (non-hydrogen) atoms. The van der Waals surface area contributed by atoms with Crippen LogP contribution in [-0.4, -0.2) is 38.6 Å². The third-order valence-electron chi connectivity index (χ3n) is 4.59. The van der Waals surface area contributed by atoms with Gasteiger partial charge in [-0.1, -0.05) is 43.6 Å². The highest BCUT2D eigenvalue weighted by Crippen LogP contribution is 2.29. The fourth-order valence-electron chi connectivity index (χ4n) is 2.89. The van der Waals surface area contributed by atoms with Gasteiger partial charge < -0.3 is 21.1 Å². The van der Waals surface area contributed by atoms with Crippen LogP contribution in [0, 0.1) is 5.82 Å². The van der Waals surface area contributed by atoms with Crippen molar-refractivity contribution in [1.29, 1.82) is 0 Å². The van der Waals surface area contributed by atoms with Crippen LogP contribution in [0.2, 0.25) is 5.02 Å². The number of primary amides is 1. The molecule has 0 aliphatic rings. The zero-order valence-corrected chi connectivity index (χ0v) is 21.0. The number of aliphatic imine (C=N–C) groups is 1. The summed E-state index contributed by atoms with van der Waals surface area (Å²) in [6.45, 7) is 5.19. The van der Waals surface area contributed by atoms with Gasteiger partial charge in [0.15, 0.2) is 12.6 Å². The Hall–Kier alpha value is -2.07. The van der Waals surface area contributed by atoms with Crippen LogP contribution < -0.4 is 21.1 Å². The topological polar surface area (TPSA) is 88.7 Å². The van der Waals surface area contributed by atoms with E-state index in [1.54, 1.807) is 25.2 Å². The minimum Gasteiger partial charge on any atom is -0.484 e. The molecule has 0 aromatic heterocycles. The highest BCUT2D eigenvalue weighted by molar-refractivity contribution is 14.0. The van der Waals surface area contributed by atoms with Crippen molar-refractivity contribution in [3.05, 3.63) is 64.4 Å². The van der Waals surface area contributed by atoms with E-state index in [1.807, 2.05) is 26.0 Å². The number of rotatable bonds is 9. The van der Waals surface area contributed by atoms with Gasteiger partial charge in [0.25, 0.3) is 5.91 Å². The van der Waals surface area contributed by atoms with Gasteiger partial charge in [0.05, 0.1) is 0 Å². The first-order valence-electron chi connectivity index (χ1n) is 9.61. The molecular weight excluding hydrogens is 534 g/mol. The molecule has 0 atom stereocenters. The number of halogens is 3. The Balaban J connectivity index is 0.00000480. The van der Waals surface area contributed by atoms with Crippen molar-refractivity contribution in [2.24, 2.45) is 10.7 Å². The van der Waals surface area contributed by atoms with Crippen LogP contribution in [-0.2, 0) is 16.6 Å². The molecule has 0 unspecified atom stereocenters. The molecule has 4 N–H and O–H groups in total. The lowest BCUT2D eigenvalue weighted by atomic mass is 9.84. The summed E-state index contributed by atoms with van der Waals surface area (Å²) in [5, 5.41) is 6.98. The van der Waals surface area contributed by atoms with E-state index in [0.29, 0.717) is 29.8 Å². The lowest BCUT2D eigenvalue weighted by molar-refractivity contribution is -0.119. The number of guanidine groups is 1. The summed E-state index contributed by atoms with van der Waals surface area (Å²) in [5.41, 5.74) is 6.73. The Kier molecular flexibility index (Phi) is 11.1. The molecule has 6 nitrogen and oxygen atoms in total. The predicted octanol–water partition coefficient (Wildman–Crippen LogP) is 3.65. The molecule has 0 spiro atoms. The normalized spacial score (nSPS) is 11.5. The number of amides is 1. The highest BCUT2D eigenvalue weighted by Gasteiger charge is 2.24. The number of benzene rings is 2. The molecule has 2 aromatic rings. The van der Waals surface area contributed by atoms with Gasteiger partial charge in [0.2, 0.25) is 0 Å². The van der Waals surface area contributed by atoms with E-state index in [9.17, 15) is 9.18 Å². The standard InChI is InChI=1S/C22H28ClFN4O2.HI/c1-22(2,18-9-6-16(24)12-19(18)23)14-28-21(26-3)27-11-10-15-4-7-17(8-5-15)30-13-20(25)29;/h4-9,12H,10-11,13-14H2,1-3H3,(H2,25,29)(H2,26,27,28);1H. The van der Waals surface area contributed by atoms with Crippen molar-refractivity contribution in [2.45, 2.75) is 25.7 Å². The van der Waals surface area contributed by atoms with Crippen molar-refractivity contribution in [1.82, 2.24) is 10.6 Å². The lowest BCUT2D eigenvalue weighted by Crippen LogP contribution is -2.44. The third-order valence-corrected chi connectivity index (χ3v) is 4.90. The van der Waals surface area contributed by atoms with Crippen molar-refractivity contribution in [3.8, 4) is 5.75 Å². The van der Waals surface area contributed by atoms with Crippen LogP contribution in [0.15, 0.2) is 47.5 Å². The van der Waals surface area contributed by atoms with Crippen LogP contribution in [0.3, 0.4) is 0 Å². The SMILES string of the molecule is CN=C(NCCc1ccc(OCC(N)=O)cc1)NCC(C)(C)c1ccc(F)cc1Cl.I. The van der Waals surface area contributed by atoms with Crippen LogP contribution in [0.1, 0.15) is 25.0 Å². The molecule has 2 rings (SSSR count). The fourth-order valence-corrected chi connectivity index (χ4v) is 3.31. The largest absolute Gasteiger partial charge is 0.484 e. The first-order valence-corrected chi connectivity index (χ1v) is 9.99. The second-order valence-corrected chi connectivity index (χ2v) is 7.92. The van der Waals surface area contributed by atoms with Gasteiger partial charge in [0, 0.05) is 30.6 Å². The molecule has 0 fully saturated rings. The Bertz CT molecular complexity index is 892. The summed E-state index contributed by atoms with van der Waals surface area (Å²) in [5.74, 6) is 0.414. The van der Waals surface area contributed by atoms with E-state index < -0.39 is 5.91 Å². The van der Waals surface area contributed by atoms with Gasteiger partial charge in [-0.25, -0.2) is 4.39 Å². The lowest BCUT2D eigenvalue weighted by Gasteiger charge is -2.27. The summed E-state index contributed by atoms with van der Waals surface area (Å²) in [4.78, 5) is 15.0. The van der Waals surface area contributed by atoms with E-state index in [4.69, 9.17) is 22.1 Å². The van der Waals surface area contributed by atoms with Gasteiger partial charge in [-0.15, -0.1) is 24.0 Å². The van der Waals surface area contributed by atoms with Crippen LogP contribution in [0.25, 0.3) is 0 Å². The second kappa shape index (κ2) is 12.7. The maximum Gasteiger partial charge on any atom is 0.255 e. The third kappa shape index (κ3) is 8.90. The Morgan fingerprint density at radius 1 is 1.19 bits per heavy atom. The average molecular weight is 563 g/mol. The monoisotopic (exact) mass is 562 g/mol. The number of nitrogens with one attached hydrogen (secondary N) is 2. The average Bonchev–Trinajstić information content (AvgIpc) is 2.69. The van der Waals surface area contributed by atoms with E-state index in [1.165, 1.54) is 12.1 Å². The van der Waals surface area contributed by atoms with E-state index >= 15 is 0 Å². The van der Waals surface area contributed by atoms with E-state index in [2.05, 4.69) is 15.6 Å². The molecule has 0 saturated carbocycles. The Labute approximate surface area is 204 Å². The van der Waals surface area contributed by atoms with E-state index in [-0.39, 0.29) is 41.8 Å². The molecular formula is C22H29ClFIN4O2. The molecule has 0 heterocycles. The van der Waals surface area contributed by atoms with Gasteiger partial charge in [-0.05, 0) is 41.8 Å². The molecule has 2 aromatic carbocycles. The molecule has 1 amide bonds. The summed E-state index contributed by atoms with van der Waals surface area (Å²) < 4.78 is 18.6. The van der Waals surface area contributed by atoms with Crippen LogP contribution in [0.4, 0.5) is 4.39 Å². The molecule has 0 saturated heterocycles. The Morgan fingerprint density at radius 3 is 2.45 bits per heavy atom. The Morgan fingerprint density at radius 2 is 1.87 bits per heavy atom. The summed E-state index contributed by atoms with van der Waals surface area (Å²) in [6, 6.07) is 11.9. The number of hydrogen-bond donors (Lipinski definition) is 3. The minimum absolute atomic E-state index is 0. The number of carbonyl (C=O) groups excluding carboxylic acids is 1. The summed E-state index contributed by atoms with van der Waals surface area (Å²) >= 11 is 6.22. The maximum absolute atomic E-state index is 13.3. The molecule has 9 heteroatoms. The number of carbonyl (C=O) groups is 1. The molecule has 0 aliphatic heterocycles. The number of nitrogens with zero attached hydrogens (tertiary/aromatic N) is 1. The van der Waals surface area contributed by atoms with Crippen molar-refractivity contribution in [2.75, 3.05) is 26.7 Å². The highest BCUT2D eigenvalue weighted by atomic mass is 127. The molecule has 0 bridgehead atoms. The first-order chi connectivity index (χ1) is 14.2. The van der Waals surface area contributed by atoms with Gasteiger partial charge >= 0.3 is 0 Å². The van der Waals surface area contributed by atoms with Crippen LogP contribution >= 0.6 is 35.6 Å². The maximum atomic E-state index is 13.3. The number of nitrogens with two attached hydrogens (primary N) is 1. The summed E-state index contributed by atoms with van der Waals surface area (Å²) in [6.07, 6.45) is 0.782. The summed E-state index contributed by atoms with van der Waals surface area (Å²) in [7, 11) is 1.71. The number of hydrogen-bond acceptors (Lipinski definition) is 3. The minimum atomic E-state index is -0.507. The second-order valence-electron chi connectivity index (χ2n) is 7.51. The van der Waals surface area contributed by atoms with Crippen molar-refractivity contribution >= 4 is 47.4 Å². The molecule has 0 radical (unpaired) electrons. The molecule has 0 aliphatic carbocycles. The quantitative estimate of drug-likeness (QED) is 0.247. The predicted molar refractivity (Wildman–Crippen MR) is 134 cm³/mol. The number of ether oxygens (including phenoxy) is 1. The fraction of sp³-hybridized carbons (Fsp3) is 0.364. The first kappa shape index (κ1) is 27.0. The zero-order chi connectivity index (χ0) is 22.1. The molecule has 170 valence electrons. The van der Waals surface area contributed by atoms with Crippen molar-refractivity contribution in [3.63, 3.8) is 0 Å². The van der Waals surface area contributed by atoms with Gasteiger partial charge in [0.1, 0.15) is 11.6 Å². The van der Waals surface area contributed by atoms with Crippen molar-refractivity contribution < 1.29 is 13.9 Å². The van der Waals surface area contributed by atoms with E-state index in [0.717, 1.165) is 17.5 Å². The van der Waals surface area contributed by atoms with Gasteiger partial charge in [-0.3, -0.25) is 9.79 Å². The van der Waals surface area contributed by atoms with Crippen LogP contribution in [0.5, 0.6) is 5.75 Å². The van der Waals surface area contributed by atoms with Gasteiger partial charge in [-0.2, -0.15) is 0 Å². The smallest absolute Gasteiger partial charge is 0.255 e. The zero-order valence-electron chi connectivity index (χ0n) is 17.9.